The number of thiocarbonyl (C=S) groups is 1. The minimum absolute atomic E-state index is 0.0295. The molecule has 0 saturated carbocycles. The topological polar surface area (TPSA) is 109 Å². The molecule has 6 aromatic rings. The zero-order valence-electron chi connectivity index (χ0n) is 30.6. The van der Waals surface area contributed by atoms with Gasteiger partial charge in [0.1, 0.15) is 24.0 Å². The number of ketones is 1. The molecule has 1 unspecified atom stereocenters. The van der Waals surface area contributed by atoms with E-state index in [0.717, 1.165) is 17.2 Å². The number of alkyl halides is 3. The van der Waals surface area contributed by atoms with E-state index in [1.807, 2.05) is 47.0 Å². The predicted molar refractivity (Wildman–Crippen MR) is 213 cm³/mol. The van der Waals surface area contributed by atoms with Crippen LogP contribution in [-0.4, -0.2) is 31.9 Å². The minimum atomic E-state index is -4.66. The van der Waals surface area contributed by atoms with Crippen LogP contribution in [0.1, 0.15) is 45.1 Å². The third-order valence-electron chi connectivity index (χ3n) is 9.41. The fraction of sp³-hybridized carbons (Fsp3) is 0.182. The van der Waals surface area contributed by atoms with Crippen LogP contribution in [0.15, 0.2) is 140 Å². The van der Waals surface area contributed by atoms with E-state index < -0.39 is 29.5 Å². The van der Waals surface area contributed by atoms with Gasteiger partial charge in [-0.2, -0.15) is 18.4 Å². The monoisotopic (exact) mass is 790 g/mol. The summed E-state index contributed by atoms with van der Waals surface area (Å²) in [7, 11) is 0. The highest BCUT2D eigenvalue weighted by molar-refractivity contribution is 7.80. The molecule has 8 nitrogen and oxygen atoms in total. The number of hydrogen-bond acceptors (Lipinski definition) is 6. The number of carbonyl (C=O) groups excluding carboxylic acids is 1. The number of nitriles is 1. The molecule has 13 heteroatoms. The normalized spacial score (nSPS) is 12.3. The molecule has 0 aliphatic rings. The molecular weight excluding hydrogens is 753 g/mol. The zero-order chi connectivity index (χ0) is 40.4. The van der Waals surface area contributed by atoms with Gasteiger partial charge < -0.3 is 25.3 Å². The number of halogens is 4. The molecule has 0 amide bonds. The van der Waals surface area contributed by atoms with Crippen molar-refractivity contribution < 1.29 is 27.1 Å². The van der Waals surface area contributed by atoms with Crippen LogP contribution in [0.5, 0.6) is 5.75 Å². The third-order valence-corrected chi connectivity index (χ3v) is 9.77. The number of rotatable bonds is 15. The van der Waals surface area contributed by atoms with Crippen molar-refractivity contribution >= 4 is 28.8 Å². The van der Waals surface area contributed by atoms with E-state index in [1.165, 1.54) is 41.3 Å². The Morgan fingerprint density at radius 2 is 1.65 bits per heavy atom. The Labute approximate surface area is 333 Å². The van der Waals surface area contributed by atoms with Crippen molar-refractivity contribution in [1.82, 2.24) is 14.5 Å². The van der Waals surface area contributed by atoms with Gasteiger partial charge >= 0.3 is 6.18 Å². The summed E-state index contributed by atoms with van der Waals surface area (Å²) in [5, 5.41) is 12.1. The SMILES string of the molecule is N#Cc1ccc(Cn2cncc2CC(=O)[C@@H](CN(Cc2ccccc2C(F)(F)F)C(=S)Nc2cccc(F)c2)C(N)c2ccc(OCc3ccccc3)cc2)cc1. The largest absolute Gasteiger partial charge is 0.489 e. The molecule has 1 aromatic heterocycles. The Balaban J connectivity index is 1.32. The fourth-order valence-corrected chi connectivity index (χ4v) is 6.63. The molecule has 0 saturated heterocycles. The van der Waals surface area contributed by atoms with Gasteiger partial charge in [-0.25, -0.2) is 9.37 Å². The lowest BCUT2D eigenvalue weighted by Gasteiger charge is -2.33. The molecule has 5 aromatic carbocycles. The lowest BCUT2D eigenvalue weighted by atomic mass is 9.87. The second-order valence-electron chi connectivity index (χ2n) is 13.4. The Morgan fingerprint density at radius 3 is 2.35 bits per heavy atom. The van der Waals surface area contributed by atoms with Crippen LogP contribution in [0.2, 0.25) is 0 Å². The summed E-state index contributed by atoms with van der Waals surface area (Å²) in [6.07, 6.45) is -1.59. The van der Waals surface area contributed by atoms with Crippen molar-refractivity contribution in [3.8, 4) is 11.8 Å². The van der Waals surface area contributed by atoms with Crippen LogP contribution in [0.25, 0.3) is 0 Å². The molecule has 1 heterocycles. The van der Waals surface area contributed by atoms with Gasteiger partial charge in [-0.3, -0.25) is 4.79 Å². The number of ether oxygens (including phenoxy) is 1. The van der Waals surface area contributed by atoms with E-state index in [2.05, 4.69) is 16.4 Å². The Hall–Kier alpha value is -6.36. The average Bonchev–Trinajstić information content (AvgIpc) is 3.64. The summed E-state index contributed by atoms with van der Waals surface area (Å²) < 4.78 is 64.7. The number of nitrogens with zero attached hydrogens (tertiary/aromatic N) is 4. The van der Waals surface area contributed by atoms with Gasteiger partial charge in [-0.15, -0.1) is 0 Å². The highest BCUT2D eigenvalue weighted by Gasteiger charge is 2.35. The van der Waals surface area contributed by atoms with Gasteiger partial charge in [0.05, 0.1) is 29.4 Å². The van der Waals surface area contributed by atoms with Crippen molar-refractivity contribution in [3.63, 3.8) is 0 Å². The standard InChI is InChI=1S/C44H38F4N6O2S/c45-35-10-6-11-36(21-35)52-43(57)53(26-34-9-4-5-12-40(34)44(46,47)48)27-39(42(50)33-17-19-38(20-18-33)56-28-32-7-2-1-3-8-32)41(55)22-37-24-51-29-54(37)25-31-15-13-30(23-49)14-16-31/h1-21,24,29,39,42H,22,25-28,50H2,(H,52,57)/t39-,42?/m1/s1. The highest BCUT2D eigenvalue weighted by Crippen LogP contribution is 2.33. The van der Waals surface area contributed by atoms with Gasteiger partial charge in [-0.1, -0.05) is 78.9 Å². The Morgan fingerprint density at radius 1 is 0.930 bits per heavy atom. The number of anilines is 1. The smallest absolute Gasteiger partial charge is 0.416 e. The number of Topliss-reactive ketones (excluding diaryl/α,β-unsaturated/α-hetero) is 1. The summed E-state index contributed by atoms with van der Waals surface area (Å²) in [5.74, 6) is -1.28. The summed E-state index contributed by atoms with van der Waals surface area (Å²) in [4.78, 5) is 20.3. The quantitative estimate of drug-likeness (QED) is 0.0785. The van der Waals surface area contributed by atoms with Crippen LogP contribution in [0.3, 0.4) is 0 Å². The first-order valence-electron chi connectivity index (χ1n) is 18.0. The highest BCUT2D eigenvalue weighted by atomic mass is 32.1. The lowest BCUT2D eigenvalue weighted by molar-refractivity contribution is -0.138. The van der Waals surface area contributed by atoms with E-state index in [9.17, 15) is 27.6 Å². The lowest BCUT2D eigenvalue weighted by Crippen LogP contribution is -2.44. The maximum atomic E-state index is 14.6. The molecule has 3 N–H and O–H groups in total. The first-order valence-corrected chi connectivity index (χ1v) is 18.4. The Bertz CT molecular complexity index is 2330. The first kappa shape index (κ1) is 40.3. The zero-order valence-corrected chi connectivity index (χ0v) is 31.4. The van der Waals surface area contributed by atoms with Gasteiger partial charge in [0.2, 0.25) is 0 Å². The van der Waals surface area contributed by atoms with E-state index in [4.69, 9.17) is 22.7 Å². The number of carbonyl (C=O) groups is 1. The molecule has 290 valence electrons. The molecule has 0 aliphatic carbocycles. The van der Waals surface area contributed by atoms with E-state index in [-0.39, 0.29) is 41.7 Å². The van der Waals surface area contributed by atoms with Crippen molar-refractivity contribution in [2.45, 2.75) is 38.3 Å². The maximum absolute atomic E-state index is 14.6. The number of benzene rings is 5. The number of hydrogen-bond donors (Lipinski definition) is 2. The minimum Gasteiger partial charge on any atom is -0.489 e. The van der Waals surface area contributed by atoms with Gasteiger partial charge in [0.25, 0.3) is 0 Å². The second kappa shape index (κ2) is 18.5. The molecular formula is C44H38F4N6O2S. The first-order chi connectivity index (χ1) is 27.5. The number of nitrogens with one attached hydrogen (secondary N) is 1. The molecule has 0 fully saturated rings. The average molecular weight is 791 g/mol. The summed E-state index contributed by atoms with van der Waals surface area (Å²) in [6.45, 7) is 0.185. The molecule has 0 spiro atoms. The molecule has 6 rings (SSSR count). The second-order valence-corrected chi connectivity index (χ2v) is 13.8. The van der Waals surface area contributed by atoms with Crippen molar-refractivity contribution in [2.75, 3.05) is 11.9 Å². The van der Waals surface area contributed by atoms with E-state index in [0.29, 0.717) is 35.7 Å². The molecule has 2 atom stereocenters. The van der Waals surface area contributed by atoms with E-state index >= 15 is 0 Å². The fourth-order valence-electron chi connectivity index (χ4n) is 6.37. The molecule has 0 aliphatic heterocycles. The maximum Gasteiger partial charge on any atom is 0.416 e. The van der Waals surface area contributed by atoms with Crippen LogP contribution in [-0.2, 0) is 37.1 Å². The van der Waals surface area contributed by atoms with Crippen molar-refractivity contribution in [3.05, 3.63) is 185 Å². The summed E-state index contributed by atoms with van der Waals surface area (Å²) >= 11 is 5.77. The van der Waals surface area contributed by atoms with Crippen LogP contribution in [0.4, 0.5) is 23.2 Å². The number of imidazole rings is 1. The predicted octanol–water partition coefficient (Wildman–Crippen LogP) is 8.87. The van der Waals surface area contributed by atoms with Gasteiger partial charge in [0, 0.05) is 49.7 Å². The molecule has 57 heavy (non-hydrogen) atoms. The third kappa shape index (κ3) is 10.9. The van der Waals surface area contributed by atoms with Gasteiger partial charge in [-0.05, 0) is 83.0 Å². The molecule has 0 bridgehead atoms. The van der Waals surface area contributed by atoms with Crippen LogP contribution < -0.4 is 15.8 Å². The number of nitrogens with two attached hydrogens (primary N) is 1. The summed E-state index contributed by atoms with van der Waals surface area (Å²) in [6, 6.07) is 35.5. The Kier molecular flexibility index (Phi) is 13.1. The van der Waals surface area contributed by atoms with Crippen molar-refractivity contribution in [2.24, 2.45) is 11.7 Å². The number of aromatic nitrogens is 2. The van der Waals surface area contributed by atoms with Crippen molar-refractivity contribution in [1.29, 1.82) is 5.26 Å². The van der Waals surface area contributed by atoms with Crippen LogP contribution >= 0.6 is 12.2 Å². The molecule has 0 radical (unpaired) electrons. The van der Waals surface area contributed by atoms with Crippen LogP contribution in [0, 0.1) is 23.1 Å². The van der Waals surface area contributed by atoms with Gasteiger partial charge in [0.15, 0.2) is 5.11 Å². The van der Waals surface area contributed by atoms with E-state index in [1.54, 1.807) is 55.0 Å². The summed E-state index contributed by atoms with van der Waals surface area (Å²) in [5.41, 5.74) is 9.86.